The van der Waals surface area contributed by atoms with Crippen LogP contribution >= 0.6 is 27.3 Å². The van der Waals surface area contributed by atoms with Crippen LogP contribution in [-0.4, -0.2) is 0 Å². The smallest absolute Gasteiger partial charge is 0.0349 e. The fourth-order valence-electron chi connectivity index (χ4n) is 1.32. The minimum atomic E-state index is 1.16. The SMILES string of the molecule is Cc1sc2ccc(Br)cc2c1C. The zero-order chi connectivity index (χ0) is 8.72. The van der Waals surface area contributed by atoms with Crippen LogP contribution in [0.2, 0.25) is 0 Å². The number of halogens is 1. The van der Waals surface area contributed by atoms with Crippen LogP contribution in [0.4, 0.5) is 0 Å². The number of thiophene rings is 1. The molecule has 2 rings (SSSR count). The lowest BCUT2D eigenvalue weighted by Crippen LogP contribution is -1.70. The average molecular weight is 241 g/mol. The molecule has 0 spiro atoms. The van der Waals surface area contributed by atoms with Crippen LogP contribution in [0.3, 0.4) is 0 Å². The lowest BCUT2D eigenvalue weighted by Gasteiger charge is -1.92. The van der Waals surface area contributed by atoms with Gasteiger partial charge in [0.15, 0.2) is 0 Å². The monoisotopic (exact) mass is 240 g/mol. The van der Waals surface area contributed by atoms with E-state index in [1.54, 1.807) is 0 Å². The quantitative estimate of drug-likeness (QED) is 0.645. The zero-order valence-corrected chi connectivity index (χ0v) is 9.42. The van der Waals surface area contributed by atoms with Crippen molar-refractivity contribution in [3.8, 4) is 0 Å². The molecule has 0 saturated heterocycles. The van der Waals surface area contributed by atoms with Gasteiger partial charge in [0.1, 0.15) is 0 Å². The first-order valence-corrected chi connectivity index (χ1v) is 5.44. The van der Waals surface area contributed by atoms with Crippen molar-refractivity contribution in [1.82, 2.24) is 0 Å². The summed E-state index contributed by atoms with van der Waals surface area (Å²) < 4.78 is 2.55. The summed E-state index contributed by atoms with van der Waals surface area (Å²) in [7, 11) is 0. The van der Waals surface area contributed by atoms with Gasteiger partial charge in [-0.3, -0.25) is 0 Å². The van der Waals surface area contributed by atoms with E-state index in [0.717, 1.165) is 4.47 Å². The topological polar surface area (TPSA) is 0 Å². The Hall–Kier alpha value is -0.340. The van der Waals surface area contributed by atoms with Gasteiger partial charge in [-0.05, 0) is 43.0 Å². The highest BCUT2D eigenvalue weighted by molar-refractivity contribution is 9.10. The van der Waals surface area contributed by atoms with E-state index in [4.69, 9.17) is 0 Å². The van der Waals surface area contributed by atoms with Crippen molar-refractivity contribution in [3.05, 3.63) is 33.1 Å². The fourth-order valence-corrected chi connectivity index (χ4v) is 2.73. The molecule has 0 amide bonds. The Kier molecular flexibility index (Phi) is 1.97. The molecule has 0 bridgehead atoms. The number of benzene rings is 1. The minimum absolute atomic E-state index is 1.16. The van der Waals surface area contributed by atoms with Crippen molar-refractivity contribution < 1.29 is 0 Å². The first-order valence-electron chi connectivity index (χ1n) is 3.84. The second-order valence-corrected chi connectivity index (χ2v) is 5.10. The summed E-state index contributed by atoms with van der Waals surface area (Å²) in [6.07, 6.45) is 0. The highest BCUT2D eigenvalue weighted by atomic mass is 79.9. The molecular formula is C10H9BrS. The third-order valence-corrected chi connectivity index (χ3v) is 3.82. The largest absolute Gasteiger partial charge is 0.140 e. The predicted molar refractivity (Wildman–Crippen MR) is 59.0 cm³/mol. The molecule has 0 aliphatic rings. The number of aryl methyl sites for hydroxylation is 2. The van der Waals surface area contributed by atoms with Gasteiger partial charge in [0, 0.05) is 14.0 Å². The molecule has 0 N–H and O–H groups in total. The molecule has 2 heteroatoms. The Morgan fingerprint density at radius 3 is 2.75 bits per heavy atom. The van der Waals surface area contributed by atoms with Crippen molar-refractivity contribution in [3.63, 3.8) is 0 Å². The van der Waals surface area contributed by atoms with E-state index in [0.29, 0.717) is 0 Å². The lowest BCUT2D eigenvalue weighted by atomic mass is 10.2. The van der Waals surface area contributed by atoms with Crippen LogP contribution in [0.1, 0.15) is 10.4 Å². The zero-order valence-electron chi connectivity index (χ0n) is 7.02. The number of rotatable bonds is 0. The van der Waals surface area contributed by atoms with E-state index in [9.17, 15) is 0 Å². The number of fused-ring (bicyclic) bond motifs is 1. The molecule has 0 atom stereocenters. The minimum Gasteiger partial charge on any atom is -0.140 e. The molecule has 0 aliphatic carbocycles. The molecular weight excluding hydrogens is 232 g/mol. The lowest BCUT2D eigenvalue weighted by molar-refractivity contribution is 1.47. The van der Waals surface area contributed by atoms with E-state index >= 15 is 0 Å². The molecule has 62 valence electrons. The second kappa shape index (κ2) is 2.86. The van der Waals surface area contributed by atoms with Gasteiger partial charge in [-0.15, -0.1) is 11.3 Å². The van der Waals surface area contributed by atoms with E-state index < -0.39 is 0 Å². The van der Waals surface area contributed by atoms with Gasteiger partial charge in [0.05, 0.1) is 0 Å². The van der Waals surface area contributed by atoms with Crippen LogP contribution in [0.15, 0.2) is 22.7 Å². The Balaban J connectivity index is 2.88. The van der Waals surface area contributed by atoms with Gasteiger partial charge < -0.3 is 0 Å². The van der Waals surface area contributed by atoms with Crippen molar-refractivity contribution in [1.29, 1.82) is 0 Å². The molecule has 0 nitrogen and oxygen atoms in total. The predicted octanol–water partition coefficient (Wildman–Crippen LogP) is 4.28. The standard InChI is InChI=1S/C10H9BrS/c1-6-7(2)12-10-4-3-8(11)5-9(6)10/h3-5H,1-2H3. The highest BCUT2D eigenvalue weighted by Crippen LogP contribution is 2.31. The second-order valence-electron chi connectivity index (χ2n) is 2.92. The number of hydrogen-bond donors (Lipinski definition) is 0. The van der Waals surface area contributed by atoms with Crippen LogP contribution in [0.25, 0.3) is 10.1 Å². The van der Waals surface area contributed by atoms with Crippen LogP contribution in [0, 0.1) is 13.8 Å². The highest BCUT2D eigenvalue weighted by Gasteiger charge is 2.03. The maximum Gasteiger partial charge on any atom is 0.0349 e. The molecule has 12 heavy (non-hydrogen) atoms. The van der Waals surface area contributed by atoms with Crippen LogP contribution < -0.4 is 0 Å². The van der Waals surface area contributed by atoms with Crippen molar-refractivity contribution in [2.75, 3.05) is 0 Å². The van der Waals surface area contributed by atoms with E-state index in [1.807, 2.05) is 11.3 Å². The Labute approximate surface area is 84.4 Å². The van der Waals surface area contributed by atoms with Crippen LogP contribution in [-0.2, 0) is 0 Å². The van der Waals surface area contributed by atoms with Crippen molar-refractivity contribution in [2.45, 2.75) is 13.8 Å². The molecule has 1 aromatic carbocycles. The summed E-state index contributed by atoms with van der Waals surface area (Å²) in [5.41, 5.74) is 1.41. The summed E-state index contributed by atoms with van der Waals surface area (Å²) in [5, 5.41) is 1.38. The van der Waals surface area contributed by atoms with E-state index in [-0.39, 0.29) is 0 Å². The maximum absolute atomic E-state index is 3.48. The van der Waals surface area contributed by atoms with Gasteiger partial charge in [-0.2, -0.15) is 0 Å². The van der Waals surface area contributed by atoms with Gasteiger partial charge >= 0.3 is 0 Å². The summed E-state index contributed by atoms with van der Waals surface area (Å²) in [6, 6.07) is 6.45. The normalized spacial score (nSPS) is 10.9. The van der Waals surface area contributed by atoms with Gasteiger partial charge in [-0.25, -0.2) is 0 Å². The third kappa shape index (κ3) is 1.19. The first-order chi connectivity index (χ1) is 5.68. The molecule has 2 aromatic rings. The Morgan fingerprint density at radius 1 is 1.25 bits per heavy atom. The van der Waals surface area contributed by atoms with Gasteiger partial charge in [0.25, 0.3) is 0 Å². The van der Waals surface area contributed by atoms with Crippen LogP contribution in [0.5, 0.6) is 0 Å². The summed E-state index contributed by atoms with van der Waals surface area (Å²) in [4.78, 5) is 1.42. The molecule has 1 heterocycles. The van der Waals surface area contributed by atoms with Crippen molar-refractivity contribution >= 4 is 37.4 Å². The van der Waals surface area contributed by atoms with E-state index in [2.05, 4.69) is 48.0 Å². The fraction of sp³-hybridized carbons (Fsp3) is 0.200. The summed E-state index contributed by atoms with van der Waals surface area (Å²) in [5.74, 6) is 0. The maximum atomic E-state index is 3.48. The molecule has 0 radical (unpaired) electrons. The first kappa shape index (κ1) is 8.27. The molecule has 0 saturated carbocycles. The number of hydrogen-bond acceptors (Lipinski definition) is 1. The third-order valence-electron chi connectivity index (χ3n) is 2.14. The Morgan fingerprint density at radius 2 is 2.00 bits per heavy atom. The van der Waals surface area contributed by atoms with Gasteiger partial charge in [0.2, 0.25) is 0 Å². The summed E-state index contributed by atoms with van der Waals surface area (Å²) in [6.45, 7) is 4.36. The molecule has 0 fully saturated rings. The van der Waals surface area contributed by atoms with E-state index in [1.165, 1.54) is 20.5 Å². The Bertz CT molecular complexity index is 429. The molecule has 1 aromatic heterocycles. The van der Waals surface area contributed by atoms with Gasteiger partial charge in [-0.1, -0.05) is 15.9 Å². The average Bonchev–Trinajstić information content (AvgIpc) is 2.31. The molecule has 0 aliphatic heterocycles. The van der Waals surface area contributed by atoms with Crippen molar-refractivity contribution in [2.24, 2.45) is 0 Å². The molecule has 0 unspecified atom stereocenters. The summed E-state index contributed by atoms with van der Waals surface area (Å²) >= 11 is 5.35.